The standard InChI is InChI=1S/C26H17F2NS/c1-17-13-21(11-12-23(17)20-5-3-2-4-6-20)18-7-9-19(10-8-18)22-14-24(27)26(29-16-30)25(28)15-22/h2-15H,1H3. The van der Waals surface area contributed by atoms with Crippen LogP contribution in [0.1, 0.15) is 5.56 Å². The molecule has 0 radical (unpaired) electrons. The predicted octanol–water partition coefficient (Wildman–Crippen LogP) is 8.01. The average molecular weight is 413 g/mol. The molecule has 146 valence electrons. The number of hydrogen-bond donors (Lipinski definition) is 0. The molecule has 4 rings (SSSR count). The Kier molecular flexibility index (Phi) is 5.62. The quantitative estimate of drug-likeness (QED) is 0.244. The third-order valence-electron chi connectivity index (χ3n) is 5.04. The van der Waals surface area contributed by atoms with Crippen LogP contribution in [0.5, 0.6) is 0 Å². The molecule has 0 bridgehead atoms. The molecule has 0 heterocycles. The second-order valence-electron chi connectivity index (χ2n) is 6.96. The summed E-state index contributed by atoms with van der Waals surface area (Å²) in [6, 6.07) is 26.7. The Hall–Kier alpha value is -3.46. The summed E-state index contributed by atoms with van der Waals surface area (Å²) in [7, 11) is 0. The van der Waals surface area contributed by atoms with Crippen LogP contribution < -0.4 is 0 Å². The van der Waals surface area contributed by atoms with Gasteiger partial charge in [0.2, 0.25) is 0 Å². The van der Waals surface area contributed by atoms with Crippen molar-refractivity contribution in [1.29, 1.82) is 0 Å². The van der Waals surface area contributed by atoms with Crippen molar-refractivity contribution in [2.24, 2.45) is 4.99 Å². The number of halogens is 2. The van der Waals surface area contributed by atoms with E-state index in [9.17, 15) is 8.78 Å². The van der Waals surface area contributed by atoms with E-state index in [1.54, 1.807) is 0 Å². The van der Waals surface area contributed by atoms with Crippen molar-refractivity contribution in [3.8, 4) is 33.4 Å². The van der Waals surface area contributed by atoms with Crippen molar-refractivity contribution in [3.63, 3.8) is 0 Å². The number of hydrogen-bond acceptors (Lipinski definition) is 2. The van der Waals surface area contributed by atoms with Gasteiger partial charge in [-0.25, -0.2) is 8.78 Å². The molecule has 30 heavy (non-hydrogen) atoms. The zero-order valence-electron chi connectivity index (χ0n) is 16.2. The maximum absolute atomic E-state index is 14.1. The number of nitrogens with zero attached hydrogens (tertiary/aromatic N) is 1. The SMILES string of the molecule is Cc1cc(-c2ccc(-c3cc(F)c(N=C=S)c(F)c3)cc2)ccc1-c1ccccc1. The monoisotopic (exact) mass is 413 g/mol. The number of aliphatic imine (C=N–C) groups is 1. The fourth-order valence-electron chi connectivity index (χ4n) is 3.52. The van der Waals surface area contributed by atoms with E-state index in [-0.39, 0.29) is 0 Å². The molecule has 0 amide bonds. The molecule has 0 saturated carbocycles. The first-order chi connectivity index (χ1) is 14.6. The van der Waals surface area contributed by atoms with Crippen LogP contribution in [-0.4, -0.2) is 5.16 Å². The number of rotatable bonds is 4. The number of isothiocyanates is 1. The van der Waals surface area contributed by atoms with Gasteiger partial charge in [-0.15, -0.1) is 0 Å². The molecule has 0 fully saturated rings. The van der Waals surface area contributed by atoms with Crippen LogP contribution in [-0.2, 0) is 0 Å². The second kappa shape index (κ2) is 8.50. The first-order valence-electron chi connectivity index (χ1n) is 9.40. The summed E-state index contributed by atoms with van der Waals surface area (Å²) < 4.78 is 28.3. The van der Waals surface area contributed by atoms with Gasteiger partial charge in [0.15, 0.2) is 11.6 Å². The molecule has 4 aromatic rings. The molecule has 0 saturated heterocycles. The molecule has 4 aromatic carbocycles. The van der Waals surface area contributed by atoms with Crippen LogP contribution in [0.3, 0.4) is 0 Å². The van der Waals surface area contributed by atoms with Crippen LogP contribution in [0.4, 0.5) is 14.5 Å². The zero-order valence-corrected chi connectivity index (χ0v) is 17.0. The van der Waals surface area contributed by atoms with Crippen LogP contribution in [0.25, 0.3) is 33.4 Å². The lowest BCUT2D eigenvalue weighted by Gasteiger charge is -2.10. The number of thiocarbonyl (C=S) groups is 1. The Labute approximate surface area is 179 Å². The van der Waals surface area contributed by atoms with Crippen molar-refractivity contribution in [3.05, 3.63) is 102 Å². The summed E-state index contributed by atoms with van der Waals surface area (Å²) in [6.07, 6.45) is 0. The Bertz CT molecular complexity index is 1240. The molecule has 0 N–H and O–H groups in total. The Morgan fingerprint density at radius 2 is 1.23 bits per heavy atom. The van der Waals surface area contributed by atoms with Gasteiger partial charge in [0.05, 0.1) is 5.16 Å². The van der Waals surface area contributed by atoms with E-state index in [1.165, 1.54) is 28.8 Å². The van der Waals surface area contributed by atoms with Gasteiger partial charge in [0.25, 0.3) is 0 Å². The highest BCUT2D eigenvalue weighted by atomic mass is 32.1. The van der Waals surface area contributed by atoms with Crippen LogP contribution in [0, 0.1) is 18.6 Å². The van der Waals surface area contributed by atoms with Crippen molar-refractivity contribution in [2.75, 3.05) is 0 Å². The highest BCUT2D eigenvalue weighted by molar-refractivity contribution is 7.78. The van der Waals surface area contributed by atoms with E-state index in [1.807, 2.05) is 47.6 Å². The molecule has 0 aliphatic rings. The van der Waals surface area contributed by atoms with Gasteiger partial charge in [0.1, 0.15) is 5.69 Å². The topological polar surface area (TPSA) is 12.4 Å². The highest BCUT2D eigenvalue weighted by Crippen LogP contribution is 2.32. The molecule has 1 nitrogen and oxygen atoms in total. The lowest BCUT2D eigenvalue weighted by molar-refractivity contribution is 0.588. The fraction of sp³-hybridized carbons (Fsp3) is 0.0385. The highest BCUT2D eigenvalue weighted by Gasteiger charge is 2.12. The Morgan fingerprint density at radius 3 is 1.80 bits per heavy atom. The normalized spacial score (nSPS) is 10.5. The van der Waals surface area contributed by atoms with E-state index in [4.69, 9.17) is 0 Å². The van der Waals surface area contributed by atoms with Gasteiger partial charge in [-0.3, -0.25) is 0 Å². The Morgan fingerprint density at radius 1 is 0.667 bits per heavy atom. The summed E-state index contributed by atoms with van der Waals surface area (Å²) in [4.78, 5) is 3.45. The first kappa shape index (κ1) is 19.8. The average Bonchev–Trinajstić information content (AvgIpc) is 2.77. The second-order valence-corrected chi connectivity index (χ2v) is 7.15. The molecular formula is C26H17F2NS. The lowest BCUT2D eigenvalue weighted by atomic mass is 9.95. The molecular weight excluding hydrogens is 396 g/mol. The van der Waals surface area contributed by atoms with E-state index in [0.717, 1.165) is 11.1 Å². The summed E-state index contributed by atoms with van der Waals surface area (Å²) >= 11 is 4.44. The number of benzene rings is 4. The maximum Gasteiger partial charge on any atom is 0.153 e. The van der Waals surface area contributed by atoms with Gasteiger partial charge in [-0.1, -0.05) is 72.8 Å². The van der Waals surface area contributed by atoms with Crippen molar-refractivity contribution >= 4 is 23.1 Å². The first-order valence-corrected chi connectivity index (χ1v) is 9.81. The fourth-order valence-corrected chi connectivity index (χ4v) is 3.62. The summed E-state index contributed by atoms with van der Waals surface area (Å²) in [6.45, 7) is 2.09. The molecule has 0 aliphatic heterocycles. The molecule has 0 aromatic heterocycles. The molecule has 0 unspecified atom stereocenters. The van der Waals surface area contributed by atoms with E-state index in [0.29, 0.717) is 11.1 Å². The van der Waals surface area contributed by atoms with Crippen molar-refractivity contribution < 1.29 is 8.78 Å². The lowest BCUT2D eigenvalue weighted by Crippen LogP contribution is -1.88. The molecule has 0 spiro atoms. The zero-order chi connectivity index (χ0) is 21.1. The minimum absolute atomic E-state index is 0.417. The maximum atomic E-state index is 14.1. The van der Waals surface area contributed by atoms with Crippen molar-refractivity contribution in [2.45, 2.75) is 6.92 Å². The smallest absolute Gasteiger partial charge is 0.153 e. The third kappa shape index (κ3) is 3.97. The minimum atomic E-state index is -0.765. The molecule has 0 aliphatic carbocycles. The van der Waals surface area contributed by atoms with Crippen LogP contribution in [0.15, 0.2) is 89.9 Å². The van der Waals surface area contributed by atoms with Gasteiger partial charge >= 0.3 is 0 Å². The van der Waals surface area contributed by atoms with Crippen molar-refractivity contribution in [1.82, 2.24) is 0 Å². The molecule has 4 heteroatoms. The summed E-state index contributed by atoms with van der Waals surface area (Å²) in [5, 5.41) is 2.00. The third-order valence-corrected chi connectivity index (χ3v) is 5.13. The van der Waals surface area contributed by atoms with Crippen LogP contribution >= 0.6 is 12.2 Å². The van der Waals surface area contributed by atoms with Gasteiger partial charge in [-0.05, 0) is 70.2 Å². The van der Waals surface area contributed by atoms with E-state index >= 15 is 0 Å². The molecule has 0 atom stereocenters. The largest absolute Gasteiger partial charge is 0.204 e. The van der Waals surface area contributed by atoms with Gasteiger partial charge < -0.3 is 0 Å². The number of aryl methyl sites for hydroxylation is 1. The van der Waals surface area contributed by atoms with E-state index in [2.05, 4.69) is 54.5 Å². The Balaban J connectivity index is 1.64. The van der Waals surface area contributed by atoms with Crippen LogP contribution in [0.2, 0.25) is 0 Å². The minimum Gasteiger partial charge on any atom is -0.204 e. The van der Waals surface area contributed by atoms with Gasteiger partial charge in [0, 0.05) is 0 Å². The summed E-state index contributed by atoms with van der Waals surface area (Å²) in [5.74, 6) is -1.53. The summed E-state index contributed by atoms with van der Waals surface area (Å²) in [5.41, 5.74) is 6.41. The predicted molar refractivity (Wildman–Crippen MR) is 122 cm³/mol. The van der Waals surface area contributed by atoms with E-state index < -0.39 is 17.3 Å². The van der Waals surface area contributed by atoms with Gasteiger partial charge in [-0.2, -0.15) is 4.99 Å².